The SMILES string of the molecule is CCc1ccc(OCC(C)C)c(C=CC(=O)c2cc(OCC(C)C)ccc2OCC(C)C)c1. The number of benzene rings is 2. The number of ketones is 1. The largest absolute Gasteiger partial charge is 0.493 e. The summed E-state index contributed by atoms with van der Waals surface area (Å²) in [5, 5.41) is 0. The van der Waals surface area contributed by atoms with E-state index >= 15 is 0 Å². The van der Waals surface area contributed by atoms with Crippen LogP contribution in [0.2, 0.25) is 0 Å². The standard InChI is InChI=1S/C29H40O4/c1-8-23-9-13-28(32-18-21(4)5)24(15-23)10-12-27(30)26-16-25(31-17-20(2)3)11-14-29(26)33-19-22(6)7/h9-16,20-22H,8,17-19H2,1-7H3. The molecule has 0 aliphatic carbocycles. The van der Waals surface area contributed by atoms with Gasteiger partial charge in [-0.05, 0) is 72.2 Å². The molecule has 0 amide bonds. The molecule has 0 saturated carbocycles. The highest BCUT2D eigenvalue weighted by atomic mass is 16.5. The van der Waals surface area contributed by atoms with Crippen molar-refractivity contribution >= 4 is 11.9 Å². The molecule has 0 heterocycles. The number of hydrogen-bond donors (Lipinski definition) is 0. The van der Waals surface area contributed by atoms with Crippen LogP contribution in [0.4, 0.5) is 0 Å². The predicted molar refractivity (Wildman–Crippen MR) is 137 cm³/mol. The van der Waals surface area contributed by atoms with Crippen LogP contribution < -0.4 is 14.2 Å². The van der Waals surface area contributed by atoms with Gasteiger partial charge < -0.3 is 14.2 Å². The molecular weight excluding hydrogens is 412 g/mol. The van der Waals surface area contributed by atoms with Crippen molar-refractivity contribution in [3.05, 3.63) is 59.2 Å². The van der Waals surface area contributed by atoms with Gasteiger partial charge in [0.15, 0.2) is 5.78 Å². The highest BCUT2D eigenvalue weighted by Crippen LogP contribution is 2.28. The zero-order valence-electron chi connectivity index (χ0n) is 21.3. The summed E-state index contributed by atoms with van der Waals surface area (Å²) in [5.74, 6) is 3.09. The van der Waals surface area contributed by atoms with Crippen LogP contribution >= 0.6 is 0 Å². The highest BCUT2D eigenvalue weighted by molar-refractivity contribution is 6.09. The first kappa shape index (κ1) is 26.5. The Kier molecular flexibility index (Phi) is 10.5. The lowest BCUT2D eigenvalue weighted by atomic mass is 10.0. The topological polar surface area (TPSA) is 44.8 Å². The van der Waals surface area contributed by atoms with Crippen LogP contribution in [0.15, 0.2) is 42.5 Å². The second kappa shape index (κ2) is 13.1. The Hall–Kier alpha value is -2.75. The van der Waals surface area contributed by atoms with Crippen molar-refractivity contribution in [2.45, 2.75) is 54.9 Å². The van der Waals surface area contributed by atoms with Gasteiger partial charge in [0.25, 0.3) is 0 Å². The van der Waals surface area contributed by atoms with Gasteiger partial charge in [-0.3, -0.25) is 4.79 Å². The Morgan fingerprint density at radius 3 is 1.97 bits per heavy atom. The van der Waals surface area contributed by atoms with Crippen LogP contribution in [0.5, 0.6) is 17.2 Å². The fraction of sp³-hybridized carbons (Fsp3) is 0.483. The normalized spacial score (nSPS) is 11.6. The molecule has 0 fully saturated rings. The molecule has 0 spiro atoms. The molecule has 0 saturated heterocycles. The summed E-state index contributed by atoms with van der Waals surface area (Å²) in [5.41, 5.74) is 2.61. The first-order chi connectivity index (χ1) is 15.7. The molecule has 2 rings (SSSR count). The summed E-state index contributed by atoms with van der Waals surface area (Å²) in [4.78, 5) is 13.2. The molecule has 2 aromatic rings. The fourth-order valence-electron chi connectivity index (χ4n) is 3.03. The van der Waals surface area contributed by atoms with Gasteiger partial charge in [0.1, 0.15) is 17.2 Å². The van der Waals surface area contributed by atoms with Gasteiger partial charge in [0, 0.05) is 5.56 Å². The molecule has 0 N–H and O–H groups in total. The minimum Gasteiger partial charge on any atom is -0.493 e. The molecule has 4 heteroatoms. The molecule has 0 aromatic heterocycles. The third kappa shape index (κ3) is 8.95. The maximum absolute atomic E-state index is 13.2. The van der Waals surface area contributed by atoms with Crippen molar-refractivity contribution < 1.29 is 19.0 Å². The number of allylic oxidation sites excluding steroid dienone is 1. The molecular formula is C29H40O4. The van der Waals surface area contributed by atoms with E-state index in [0.29, 0.717) is 54.6 Å². The van der Waals surface area contributed by atoms with E-state index in [0.717, 1.165) is 17.7 Å². The van der Waals surface area contributed by atoms with Crippen LogP contribution in [-0.4, -0.2) is 25.6 Å². The van der Waals surface area contributed by atoms with E-state index in [1.54, 1.807) is 12.1 Å². The molecule has 0 aliphatic rings. The number of carbonyl (C=O) groups is 1. The minimum atomic E-state index is -0.125. The average molecular weight is 453 g/mol. The molecule has 4 nitrogen and oxygen atoms in total. The van der Waals surface area contributed by atoms with Gasteiger partial charge in [0.05, 0.1) is 25.4 Å². The van der Waals surface area contributed by atoms with E-state index in [1.165, 1.54) is 5.56 Å². The van der Waals surface area contributed by atoms with Crippen LogP contribution in [0.1, 0.15) is 70.0 Å². The van der Waals surface area contributed by atoms with E-state index in [2.05, 4.69) is 60.6 Å². The van der Waals surface area contributed by atoms with Crippen molar-refractivity contribution in [2.24, 2.45) is 17.8 Å². The summed E-state index contributed by atoms with van der Waals surface area (Å²) in [6, 6.07) is 11.6. The molecule has 0 unspecified atom stereocenters. The van der Waals surface area contributed by atoms with Crippen LogP contribution in [0, 0.1) is 17.8 Å². The molecule has 180 valence electrons. The zero-order valence-corrected chi connectivity index (χ0v) is 21.3. The van der Waals surface area contributed by atoms with Gasteiger partial charge in [-0.2, -0.15) is 0 Å². The van der Waals surface area contributed by atoms with Gasteiger partial charge in [-0.15, -0.1) is 0 Å². The highest BCUT2D eigenvalue weighted by Gasteiger charge is 2.14. The number of carbonyl (C=O) groups excluding carboxylic acids is 1. The number of aryl methyl sites for hydroxylation is 1. The summed E-state index contributed by atoms with van der Waals surface area (Å²) >= 11 is 0. The predicted octanol–water partition coefficient (Wildman–Crippen LogP) is 7.25. The quantitative estimate of drug-likeness (QED) is 0.237. The van der Waals surface area contributed by atoms with E-state index < -0.39 is 0 Å². The summed E-state index contributed by atoms with van der Waals surface area (Å²) < 4.78 is 17.8. The molecule has 2 aromatic carbocycles. The van der Waals surface area contributed by atoms with E-state index in [1.807, 2.05) is 24.3 Å². The third-order valence-electron chi connectivity index (χ3n) is 4.84. The van der Waals surface area contributed by atoms with Gasteiger partial charge >= 0.3 is 0 Å². The minimum absolute atomic E-state index is 0.125. The summed E-state index contributed by atoms with van der Waals surface area (Å²) in [6.45, 7) is 16.5. The summed E-state index contributed by atoms with van der Waals surface area (Å²) in [7, 11) is 0. The molecule has 33 heavy (non-hydrogen) atoms. The van der Waals surface area contributed by atoms with Crippen LogP contribution in [0.3, 0.4) is 0 Å². The second-order valence-electron chi connectivity index (χ2n) is 9.70. The third-order valence-corrected chi connectivity index (χ3v) is 4.84. The lowest BCUT2D eigenvalue weighted by Crippen LogP contribution is -2.09. The van der Waals surface area contributed by atoms with Gasteiger partial charge in [0.2, 0.25) is 0 Å². The van der Waals surface area contributed by atoms with Crippen LogP contribution in [-0.2, 0) is 6.42 Å². The first-order valence-electron chi connectivity index (χ1n) is 12.1. The Bertz CT molecular complexity index is 925. The zero-order chi connectivity index (χ0) is 24.4. The van der Waals surface area contributed by atoms with Crippen LogP contribution in [0.25, 0.3) is 6.08 Å². The maximum atomic E-state index is 13.2. The average Bonchev–Trinajstić information content (AvgIpc) is 2.78. The maximum Gasteiger partial charge on any atom is 0.189 e. The molecule has 0 aliphatic heterocycles. The monoisotopic (exact) mass is 452 g/mol. The van der Waals surface area contributed by atoms with Crippen molar-refractivity contribution in [1.29, 1.82) is 0 Å². The summed E-state index contributed by atoms with van der Waals surface area (Å²) in [6.07, 6.45) is 4.35. The Morgan fingerprint density at radius 1 is 0.788 bits per heavy atom. The smallest absolute Gasteiger partial charge is 0.189 e. The second-order valence-corrected chi connectivity index (χ2v) is 9.70. The lowest BCUT2D eigenvalue weighted by Gasteiger charge is -2.15. The number of rotatable bonds is 13. The molecule has 0 atom stereocenters. The van der Waals surface area contributed by atoms with Crippen molar-refractivity contribution in [2.75, 3.05) is 19.8 Å². The Labute approximate surface area is 200 Å². The van der Waals surface area contributed by atoms with Gasteiger partial charge in [-0.25, -0.2) is 0 Å². The van der Waals surface area contributed by atoms with E-state index in [-0.39, 0.29) is 5.78 Å². The molecule has 0 radical (unpaired) electrons. The number of ether oxygens (including phenoxy) is 3. The first-order valence-corrected chi connectivity index (χ1v) is 12.1. The van der Waals surface area contributed by atoms with E-state index in [4.69, 9.17) is 14.2 Å². The number of hydrogen-bond acceptors (Lipinski definition) is 4. The Balaban J connectivity index is 2.33. The molecule has 0 bridgehead atoms. The fourth-order valence-corrected chi connectivity index (χ4v) is 3.03. The lowest BCUT2D eigenvalue weighted by molar-refractivity contribution is 0.104. The van der Waals surface area contributed by atoms with Crippen molar-refractivity contribution in [3.63, 3.8) is 0 Å². The van der Waals surface area contributed by atoms with Gasteiger partial charge in [-0.1, -0.05) is 54.5 Å². The van der Waals surface area contributed by atoms with E-state index in [9.17, 15) is 4.79 Å². The Morgan fingerprint density at radius 2 is 1.36 bits per heavy atom. The van der Waals surface area contributed by atoms with Crippen molar-refractivity contribution in [3.8, 4) is 17.2 Å². The van der Waals surface area contributed by atoms with Crippen molar-refractivity contribution in [1.82, 2.24) is 0 Å².